The molecule has 0 N–H and O–H groups in total. The Morgan fingerprint density at radius 3 is 2.50 bits per heavy atom. The molecule has 0 aromatic heterocycles. The van der Waals surface area contributed by atoms with Crippen molar-refractivity contribution >= 4 is 11.8 Å². The smallest absolute Gasteiger partial charge is 0.341 e. The molecule has 18 heavy (non-hydrogen) atoms. The monoisotopic (exact) mass is 250 g/mol. The van der Waals surface area contributed by atoms with Crippen LogP contribution >= 0.6 is 0 Å². The first-order valence-electron chi connectivity index (χ1n) is 6.63. The van der Waals surface area contributed by atoms with Gasteiger partial charge in [-0.05, 0) is 44.6 Å². The van der Waals surface area contributed by atoms with Crippen molar-refractivity contribution in [2.24, 2.45) is 0 Å². The third-order valence-electron chi connectivity index (χ3n) is 3.30. The minimum Gasteiger partial charge on any atom is -0.465 e. The van der Waals surface area contributed by atoms with E-state index in [4.69, 9.17) is 4.74 Å². The van der Waals surface area contributed by atoms with Crippen LogP contribution in [0.5, 0.6) is 0 Å². The molecule has 0 aromatic carbocycles. The zero-order chi connectivity index (χ0) is 13.5. The molecule has 1 rings (SSSR count). The lowest BCUT2D eigenvalue weighted by atomic mass is 9.87. The van der Waals surface area contributed by atoms with Crippen molar-refractivity contribution in [3.63, 3.8) is 0 Å². The van der Waals surface area contributed by atoms with Gasteiger partial charge in [0.05, 0.1) is 7.11 Å². The van der Waals surface area contributed by atoms with Gasteiger partial charge in [0.2, 0.25) is 0 Å². The van der Waals surface area contributed by atoms with E-state index < -0.39 is 5.97 Å². The molecule has 100 valence electrons. The molecule has 0 aliphatic heterocycles. The van der Waals surface area contributed by atoms with Gasteiger partial charge in [-0.3, -0.25) is 4.79 Å². The first-order valence-corrected chi connectivity index (χ1v) is 6.63. The molecule has 0 saturated heterocycles. The molecule has 0 aromatic rings. The number of rotatable bonds is 5. The Morgan fingerprint density at radius 2 is 1.94 bits per heavy atom. The van der Waals surface area contributed by atoms with E-state index in [0.29, 0.717) is 0 Å². The zero-order valence-corrected chi connectivity index (χ0v) is 11.5. The number of hydrogen-bond donors (Lipinski definition) is 0. The van der Waals surface area contributed by atoms with Crippen LogP contribution in [-0.4, -0.2) is 18.9 Å². The van der Waals surface area contributed by atoms with Crippen molar-refractivity contribution in [2.45, 2.75) is 52.4 Å². The van der Waals surface area contributed by atoms with Gasteiger partial charge >= 0.3 is 5.97 Å². The van der Waals surface area contributed by atoms with Gasteiger partial charge in [0, 0.05) is 0 Å². The third-order valence-corrected chi connectivity index (χ3v) is 3.30. The number of esters is 1. The topological polar surface area (TPSA) is 43.4 Å². The second-order valence-corrected chi connectivity index (χ2v) is 4.69. The molecule has 0 heterocycles. The number of ketones is 1. The molecule has 0 atom stereocenters. The summed E-state index contributed by atoms with van der Waals surface area (Å²) in [4.78, 5) is 24.1. The number of ether oxygens (including phenoxy) is 1. The summed E-state index contributed by atoms with van der Waals surface area (Å²) in [5, 5.41) is 0. The highest BCUT2D eigenvalue weighted by molar-refractivity contribution is 6.24. The van der Waals surface area contributed by atoms with E-state index in [2.05, 4.69) is 0 Å². The highest BCUT2D eigenvalue weighted by atomic mass is 16.5. The van der Waals surface area contributed by atoms with Crippen LogP contribution in [0.15, 0.2) is 22.8 Å². The minimum absolute atomic E-state index is 0.132. The van der Waals surface area contributed by atoms with Gasteiger partial charge in [0.25, 0.3) is 0 Å². The molecular weight excluding hydrogens is 228 g/mol. The van der Waals surface area contributed by atoms with Gasteiger partial charge in [0.15, 0.2) is 5.78 Å². The zero-order valence-electron chi connectivity index (χ0n) is 11.5. The molecule has 3 nitrogen and oxygen atoms in total. The maximum absolute atomic E-state index is 12.4. The average Bonchev–Trinajstić information content (AvgIpc) is 2.39. The van der Waals surface area contributed by atoms with Gasteiger partial charge < -0.3 is 4.74 Å². The van der Waals surface area contributed by atoms with Gasteiger partial charge in [-0.2, -0.15) is 0 Å². The van der Waals surface area contributed by atoms with E-state index in [1.807, 2.05) is 13.8 Å². The van der Waals surface area contributed by atoms with Crippen LogP contribution in [0, 0.1) is 0 Å². The number of methoxy groups -OCH3 is 1. The molecule has 0 fully saturated rings. The van der Waals surface area contributed by atoms with Crippen molar-refractivity contribution < 1.29 is 14.3 Å². The molecule has 0 spiro atoms. The summed E-state index contributed by atoms with van der Waals surface area (Å²) < 4.78 is 4.71. The molecule has 1 aliphatic rings. The summed E-state index contributed by atoms with van der Waals surface area (Å²) in [7, 11) is 1.32. The Bertz CT molecular complexity index is 389. The minimum atomic E-state index is -0.515. The first kappa shape index (κ1) is 14.7. The fourth-order valence-corrected chi connectivity index (χ4v) is 2.19. The van der Waals surface area contributed by atoms with Gasteiger partial charge in [-0.25, -0.2) is 4.79 Å². The van der Waals surface area contributed by atoms with E-state index in [1.54, 1.807) is 6.08 Å². The largest absolute Gasteiger partial charge is 0.465 e. The highest BCUT2D eigenvalue weighted by Gasteiger charge is 2.24. The second kappa shape index (κ2) is 7.14. The van der Waals surface area contributed by atoms with Crippen molar-refractivity contribution in [1.29, 1.82) is 0 Å². The molecular formula is C15H22O3. The van der Waals surface area contributed by atoms with Crippen LogP contribution in [0.25, 0.3) is 0 Å². The Labute approximate surface area is 109 Å². The molecule has 3 heteroatoms. The van der Waals surface area contributed by atoms with Crippen molar-refractivity contribution in [1.82, 2.24) is 0 Å². The molecule has 0 radical (unpaired) electrons. The van der Waals surface area contributed by atoms with E-state index in [9.17, 15) is 9.59 Å². The van der Waals surface area contributed by atoms with Crippen LogP contribution in [0.4, 0.5) is 0 Å². The number of unbranched alkanes of at least 4 members (excludes halogenated alkanes) is 1. The Hall–Kier alpha value is -1.38. The molecule has 0 bridgehead atoms. The average molecular weight is 250 g/mol. The number of carbonyl (C=O) groups is 2. The predicted octanol–water partition coefficient (Wildman–Crippen LogP) is 3.35. The van der Waals surface area contributed by atoms with E-state index >= 15 is 0 Å². The SMILES string of the molecule is CCC/C=C(\C(=O)OC)C(=O)C1=C(C)CCCC1. The van der Waals surface area contributed by atoms with Gasteiger partial charge in [0.1, 0.15) is 5.57 Å². The Kier molecular flexibility index (Phi) is 5.83. The predicted molar refractivity (Wildman–Crippen MR) is 71.2 cm³/mol. The molecule has 0 amide bonds. The van der Waals surface area contributed by atoms with Crippen LogP contribution in [0.2, 0.25) is 0 Å². The molecule has 0 saturated carbocycles. The van der Waals surface area contributed by atoms with Crippen LogP contribution in [-0.2, 0) is 14.3 Å². The Morgan fingerprint density at radius 1 is 1.28 bits per heavy atom. The van der Waals surface area contributed by atoms with Gasteiger partial charge in [-0.15, -0.1) is 0 Å². The second-order valence-electron chi connectivity index (χ2n) is 4.69. The fraction of sp³-hybridized carbons (Fsp3) is 0.600. The number of hydrogen-bond acceptors (Lipinski definition) is 3. The molecule has 1 aliphatic carbocycles. The van der Waals surface area contributed by atoms with Crippen LogP contribution < -0.4 is 0 Å². The van der Waals surface area contributed by atoms with Crippen LogP contribution in [0.3, 0.4) is 0 Å². The van der Waals surface area contributed by atoms with Gasteiger partial charge in [-0.1, -0.05) is 25.0 Å². The van der Waals surface area contributed by atoms with Crippen molar-refractivity contribution in [3.05, 3.63) is 22.8 Å². The number of carbonyl (C=O) groups excluding carboxylic acids is 2. The normalized spacial score (nSPS) is 16.7. The number of Topliss-reactive ketones (excluding diaryl/α,β-unsaturated/α-hetero) is 1. The first-order chi connectivity index (χ1) is 8.61. The van der Waals surface area contributed by atoms with Crippen molar-refractivity contribution in [3.8, 4) is 0 Å². The quantitative estimate of drug-likeness (QED) is 0.325. The fourth-order valence-electron chi connectivity index (χ4n) is 2.19. The lowest BCUT2D eigenvalue weighted by molar-refractivity contribution is -0.137. The third kappa shape index (κ3) is 3.56. The summed E-state index contributed by atoms with van der Waals surface area (Å²) in [5.74, 6) is -0.646. The van der Waals surface area contributed by atoms with E-state index in [-0.39, 0.29) is 11.4 Å². The van der Waals surface area contributed by atoms with E-state index in [0.717, 1.165) is 49.7 Å². The Balaban J connectivity index is 2.99. The molecule has 0 unspecified atom stereocenters. The maximum atomic E-state index is 12.4. The van der Waals surface area contributed by atoms with Crippen LogP contribution in [0.1, 0.15) is 52.4 Å². The summed E-state index contributed by atoms with van der Waals surface area (Å²) in [6.45, 7) is 4.00. The standard InChI is InChI=1S/C15H22O3/c1-4-5-9-13(15(17)18-3)14(16)12-10-7-6-8-11(12)2/h9H,4-8,10H2,1-3H3/b13-9-. The van der Waals surface area contributed by atoms with E-state index in [1.165, 1.54) is 7.11 Å². The van der Waals surface area contributed by atoms with Crippen molar-refractivity contribution in [2.75, 3.05) is 7.11 Å². The summed E-state index contributed by atoms with van der Waals surface area (Å²) in [6, 6.07) is 0. The highest BCUT2D eigenvalue weighted by Crippen LogP contribution is 2.27. The number of allylic oxidation sites excluding steroid dienone is 3. The summed E-state index contributed by atoms with van der Waals surface area (Å²) in [6.07, 6.45) is 7.25. The summed E-state index contributed by atoms with van der Waals surface area (Å²) in [5.41, 5.74) is 2.14. The summed E-state index contributed by atoms with van der Waals surface area (Å²) >= 11 is 0. The maximum Gasteiger partial charge on any atom is 0.341 e. The lowest BCUT2D eigenvalue weighted by Crippen LogP contribution is -2.18. The lowest BCUT2D eigenvalue weighted by Gasteiger charge is -2.17.